The number of rotatable bonds is 4. The van der Waals surface area contributed by atoms with Gasteiger partial charge in [0.2, 0.25) is 5.91 Å². The van der Waals surface area contributed by atoms with Crippen LogP contribution in [-0.4, -0.2) is 59.5 Å². The summed E-state index contributed by atoms with van der Waals surface area (Å²) in [7, 11) is 0. The molecule has 2 aliphatic heterocycles. The van der Waals surface area contributed by atoms with E-state index in [9.17, 15) is 4.79 Å². The third-order valence-electron chi connectivity index (χ3n) is 6.00. The van der Waals surface area contributed by atoms with E-state index in [0.717, 1.165) is 57.9 Å². The van der Waals surface area contributed by atoms with E-state index in [1.165, 1.54) is 17.5 Å². The average molecular weight is 379 g/mol. The van der Waals surface area contributed by atoms with Gasteiger partial charge >= 0.3 is 0 Å². The fraction of sp³-hybridized carbons (Fsp3) is 0.478. The molecule has 5 nitrogen and oxygen atoms in total. The number of hydrogen-bond acceptors (Lipinski definition) is 4. The zero-order chi connectivity index (χ0) is 19.3. The van der Waals surface area contributed by atoms with E-state index in [-0.39, 0.29) is 6.04 Å². The summed E-state index contributed by atoms with van der Waals surface area (Å²) < 4.78 is 0. The molecule has 0 unspecified atom stereocenters. The number of aryl methyl sites for hydroxylation is 1. The fourth-order valence-corrected chi connectivity index (χ4v) is 4.44. The smallest absolute Gasteiger partial charge is 0.240 e. The summed E-state index contributed by atoms with van der Waals surface area (Å²) >= 11 is 0. The van der Waals surface area contributed by atoms with Gasteiger partial charge in [0.05, 0.1) is 6.04 Å². The second kappa shape index (κ2) is 8.74. The Balaban J connectivity index is 1.39. The highest BCUT2D eigenvalue weighted by Crippen LogP contribution is 2.23. The molecule has 0 aliphatic carbocycles. The summed E-state index contributed by atoms with van der Waals surface area (Å²) in [6, 6.07) is 14.6. The second-order valence-electron chi connectivity index (χ2n) is 7.92. The van der Waals surface area contributed by atoms with Crippen LogP contribution in [0.3, 0.4) is 0 Å². The Morgan fingerprint density at radius 3 is 2.54 bits per heavy atom. The zero-order valence-corrected chi connectivity index (χ0v) is 16.8. The predicted molar refractivity (Wildman–Crippen MR) is 112 cm³/mol. The number of piperazine rings is 1. The zero-order valence-electron chi connectivity index (χ0n) is 16.8. The Morgan fingerprint density at radius 2 is 1.79 bits per heavy atom. The lowest BCUT2D eigenvalue weighted by atomic mass is 9.99. The molecule has 0 spiro atoms. The minimum absolute atomic E-state index is 0.0251. The Labute approximate surface area is 168 Å². The Morgan fingerprint density at radius 1 is 1.00 bits per heavy atom. The van der Waals surface area contributed by atoms with Crippen LogP contribution in [0.2, 0.25) is 0 Å². The molecule has 2 saturated heterocycles. The van der Waals surface area contributed by atoms with Gasteiger partial charge in [-0.25, -0.2) is 4.98 Å². The molecule has 148 valence electrons. The van der Waals surface area contributed by atoms with Crippen LogP contribution in [0.25, 0.3) is 0 Å². The van der Waals surface area contributed by atoms with E-state index >= 15 is 0 Å². The molecule has 5 heteroatoms. The number of anilines is 1. The molecular formula is C23H30N4O. The third-order valence-corrected chi connectivity index (χ3v) is 6.00. The number of likely N-dealkylation sites (tertiary alicyclic amines) is 1. The molecule has 3 heterocycles. The monoisotopic (exact) mass is 378 g/mol. The number of carbonyl (C=O) groups excluding carboxylic acids is 1. The predicted octanol–water partition coefficient (Wildman–Crippen LogP) is 3.09. The van der Waals surface area contributed by atoms with E-state index < -0.39 is 0 Å². The molecule has 2 aliphatic rings. The largest absolute Gasteiger partial charge is 0.353 e. The Kier molecular flexibility index (Phi) is 5.91. The van der Waals surface area contributed by atoms with Gasteiger partial charge in [-0.1, -0.05) is 42.8 Å². The first-order valence-corrected chi connectivity index (χ1v) is 10.5. The SMILES string of the molecule is Cc1cccnc1N1CCN(C(=O)[C@H]2CCCCN2Cc2ccccc2)CC1. The lowest BCUT2D eigenvalue weighted by molar-refractivity contribution is -0.138. The Hall–Kier alpha value is -2.40. The van der Waals surface area contributed by atoms with Gasteiger partial charge in [-0.05, 0) is 43.5 Å². The van der Waals surface area contributed by atoms with Gasteiger partial charge in [-0.15, -0.1) is 0 Å². The van der Waals surface area contributed by atoms with Crippen molar-refractivity contribution < 1.29 is 4.79 Å². The maximum atomic E-state index is 13.3. The van der Waals surface area contributed by atoms with Crippen molar-refractivity contribution >= 4 is 11.7 Å². The van der Waals surface area contributed by atoms with Crippen molar-refractivity contribution in [2.45, 2.75) is 38.8 Å². The van der Waals surface area contributed by atoms with Gasteiger partial charge in [0.1, 0.15) is 5.82 Å². The van der Waals surface area contributed by atoms with Crippen molar-refractivity contribution in [1.29, 1.82) is 0 Å². The van der Waals surface area contributed by atoms with Crippen molar-refractivity contribution in [2.24, 2.45) is 0 Å². The number of hydrogen-bond donors (Lipinski definition) is 0. The molecule has 1 aromatic heterocycles. The highest BCUT2D eigenvalue weighted by Gasteiger charge is 2.33. The van der Waals surface area contributed by atoms with E-state index in [4.69, 9.17) is 0 Å². The highest BCUT2D eigenvalue weighted by molar-refractivity contribution is 5.82. The molecule has 4 rings (SSSR count). The van der Waals surface area contributed by atoms with Crippen molar-refractivity contribution in [3.8, 4) is 0 Å². The molecule has 0 N–H and O–H groups in total. The average Bonchev–Trinajstić information content (AvgIpc) is 2.75. The molecule has 2 fully saturated rings. The summed E-state index contributed by atoms with van der Waals surface area (Å²) in [6.45, 7) is 7.26. The normalized spacial score (nSPS) is 21.0. The van der Waals surface area contributed by atoms with Crippen molar-refractivity contribution in [2.75, 3.05) is 37.6 Å². The number of amides is 1. The maximum Gasteiger partial charge on any atom is 0.240 e. The van der Waals surface area contributed by atoms with Crippen LogP contribution in [0.1, 0.15) is 30.4 Å². The van der Waals surface area contributed by atoms with Gasteiger partial charge in [-0.3, -0.25) is 9.69 Å². The van der Waals surface area contributed by atoms with Gasteiger partial charge < -0.3 is 9.80 Å². The number of benzene rings is 1. The van der Waals surface area contributed by atoms with E-state index in [1.807, 2.05) is 18.3 Å². The van der Waals surface area contributed by atoms with E-state index in [0.29, 0.717) is 5.91 Å². The van der Waals surface area contributed by atoms with Crippen molar-refractivity contribution in [3.05, 3.63) is 59.8 Å². The molecule has 1 aromatic carbocycles. The van der Waals surface area contributed by atoms with Gasteiger partial charge in [0.25, 0.3) is 0 Å². The van der Waals surface area contributed by atoms with E-state index in [1.54, 1.807) is 0 Å². The molecule has 0 radical (unpaired) electrons. The van der Waals surface area contributed by atoms with Crippen LogP contribution in [0, 0.1) is 6.92 Å². The number of pyridine rings is 1. The highest BCUT2D eigenvalue weighted by atomic mass is 16.2. The van der Waals surface area contributed by atoms with Crippen LogP contribution in [-0.2, 0) is 11.3 Å². The maximum absolute atomic E-state index is 13.3. The van der Waals surface area contributed by atoms with Gasteiger partial charge in [0.15, 0.2) is 0 Å². The van der Waals surface area contributed by atoms with Gasteiger partial charge in [-0.2, -0.15) is 0 Å². The topological polar surface area (TPSA) is 39.7 Å². The first-order chi connectivity index (χ1) is 13.7. The fourth-order valence-electron chi connectivity index (χ4n) is 4.44. The first-order valence-electron chi connectivity index (χ1n) is 10.5. The number of carbonyl (C=O) groups is 1. The molecule has 0 bridgehead atoms. The number of aromatic nitrogens is 1. The van der Waals surface area contributed by atoms with Crippen LogP contribution < -0.4 is 4.90 Å². The lowest BCUT2D eigenvalue weighted by Crippen LogP contribution is -2.56. The van der Waals surface area contributed by atoms with Crippen LogP contribution in [0.15, 0.2) is 48.7 Å². The number of piperidine rings is 1. The second-order valence-corrected chi connectivity index (χ2v) is 7.92. The van der Waals surface area contributed by atoms with Crippen LogP contribution >= 0.6 is 0 Å². The summed E-state index contributed by atoms with van der Waals surface area (Å²) in [5.74, 6) is 1.37. The third kappa shape index (κ3) is 4.20. The summed E-state index contributed by atoms with van der Waals surface area (Å²) in [4.78, 5) is 24.6. The molecular weight excluding hydrogens is 348 g/mol. The van der Waals surface area contributed by atoms with Crippen molar-refractivity contribution in [1.82, 2.24) is 14.8 Å². The molecule has 0 saturated carbocycles. The minimum Gasteiger partial charge on any atom is -0.353 e. The Bertz CT molecular complexity index is 786. The molecule has 28 heavy (non-hydrogen) atoms. The van der Waals surface area contributed by atoms with Crippen molar-refractivity contribution in [3.63, 3.8) is 0 Å². The standard InChI is InChI=1S/C23H30N4O/c1-19-8-7-12-24-22(19)25-14-16-26(17-15-25)23(28)21-11-5-6-13-27(21)18-20-9-3-2-4-10-20/h2-4,7-10,12,21H,5-6,11,13-18H2,1H3/t21-/m1/s1. The number of nitrogens with zero attached hydrogens (tertiary/aromatic N) is 4. The lowest BCUT2D eigenvalue weighted by Gasteiger charge is -2.41. The van der Waals surface area contributed by atoms with Crippen LogP contribution in [0.4, 0.5) is 5.82 Å². The quantitative estimate of drug-likeness (QED) is 0.820. The summed E-state index contributed by atoms with van der Waals surface area (Å²) in [5, 5.41) is 0. The van der Waals surface area contributed by atoms with Crippen LogP contribution in [0.5, 0.6) is 0 Å². The first kappa shape index (κ1) is 18.9. The summed E-state index contributed by atoms with van der Waals surface area (Å²) in [5.41, 5.74) is 2.49. The molecule has 2 aromatic rings. The molecule has 1 atom stereocenters. The summed E-state index contributed by atoms with van der Waals surface area (Å²) in [6.07, 6.45) is 5.16. The minimum atomic E-state index is 0.0251. The van der Waals surface area contributed by atoms with E-state index in [2.05, 4.69) is 56.9 Å². The van der Waals surface area contributed by atoms with Gasteiger partial charge in [0, 0.05) is 38.9 Å². The molecule has 1 amide bonds.